The van der Waals surface area contributed by atoms with Gasteiger partial charge in [-0.15, -0.1) is 0 Å². The summed E-state index contributed by atoms with van der Waals surface area (Å²) in [6, 6.07) is 9.88. The third kappa shape index (κ3) is 4.80. The Hall–Kier alpha value is -0.900. The molecule has 0 bridgehead atoms. The van der Waals surface area contributed by atoms with Gasteiger partial charge in [-0.05, 0) is 30.6 Å². The summed E-state index contributed by atoms with van der Waals surface area (Å²) in [6.07, 6.45) is 2.41. The molecule has 124 valence electrons. The van der Waals surface area contributed by atoms with Crippen molar-refractivity contribution >= 4 is 0 Å². The first-order valence-electron chi connectivity index (χ1n) is 9.04. The highest BCUT2D eigenvalue weighted by Gasteiger charge is 2.22. The molecule has 3 nitrogen and oxygen atoms in total. The van der Waals surface area contributed by atoms with Crippen LogP contribution < -0.4 is 5.32 Å². The van der Waals surface area contributed by atoms with E-state index < -0.39 is 0 Å². The molecule has 3 heteroatoms. The van der Waals surface area contributed by atoms with Gasteiger partial charge in [-0.25, -0.2) is 0 Å². The highest BCUT2D eigenvalue weighted by atomic mass is 15.2. The number of aryl methyl sites for hydroxylation is 1. The van der Waals surface area contributed by atoms with E-state index in [4.69, 9.17) is 0 Å². The molecule has 0 amide bonds. The van der Waals surface area contributed by atoms with Crippen LogP contribution in [0, 0.1) is 0 Å². The van der Waals surface area contributed by atoms with Crippen LogP contribution >= 0.6 is 0 Å². The lowest BCUT2D eigenvalue weighted by molar-refractivity contribution is 0.138. The van der Waals surface area contributed by atoms with Crippen LogP contribution in [-0.4, -0.2) is 55.6 Å². The molecule has 1 atom stereocenters. The van der Waals surface area contributed by atoms with Gasteiger partial charge in [-0.1, -0.05) is 51.5 Å². The summed E-state index contributed by atoms with van der Waals surface area (Å²) in [5.41, 5.74) is 2.94. The average Bonchev–Trinajstić information content (AvgIpc) is 2.57. The Morgan fingerprint density at radius 3 is 2.23 bits per heavy atom. The normalized spacial score (nSPS) is 17.8. The standard InChI is InChI=1S/C19H33N3/c1-4-7-17-8-10-18(11-9-17)19(22(5-2)6-3)16-21-14-12-20-13-15-21/h8-11,19-20H,4-7,12-16H2,1-3H3. The lowest BCUT2D eigenvalue weighted by atomic mass is 10.0. The lowest BCUT2D eigenvalue weighted by Gasteiger charge is -2.36. The van der Waals surface area contributed by atoms with Gasteiger partial charge in [0, 0.05) is 38.8 Å². The van der Waals surface area contributed by atoms with Gasteiger partial charge >= 0.3 is 0 Å². The summed E-state index contributed by atoms with van der Waals surface area (Å²) in [7, 11) is 0. The Bertz CT molecular complexity index is 405. The van der Waals surface area contributed by atoms with Gasteiger partial charge in [-0.3, -0.25) is 9.80 Å². The van der Waals surface area contributed by atoms with Crippen LogP contribution in [0.25, 0.3) is 0 Å². The number of nitrogens with one attached hydrogen (secondary N) is 1. The van der Waals surface area contributed by atoms with Crippen LogP contribution in [-0.2, 0) is 6.42 Å². The van der Waals surface area contributed by atoms with Crippen molar-refractivity contribution in [2.75, 3.05) is 45.8 Å². The van der Waals surface area contributed by atoms with Gasteiger partial charge in [-0.2, -0.15) is 0 Å². The zero-order chi connectivity index (χ0) is 15.8. The van der Waals surface area contributed by atoms with Crippen LogP contribution in [0.2, 0.25) is 0 Å². The van der Waals surface area contributed by atoms with Crippen molar-refractivity contribution in [2.45, 2.75) is 39.7 Å². The van der Waals surface area contributed by atoms with E-state index in [1.165, 1.54) is 37.1 Å². The minimum absolute atomic E-state index is 0.517. The van der Waals surface area contributed by atoms with Crippen LogP contribution in [0.15, 0.2) is 24.3 Å². The average molecular weight is 303 g/mol. The molecule has 1 heterocycles. The molecule has 1 aromatic carbocycles. The van der Waals surface area contributed by atoms with E-state index >= 15 is 0 Å². The number of likely N-dealkylation sites (N-methyl/N-ethyl adjacent to an activating group) is 1. The van der Waals surface area contributed by atoms with Crippen LogP contribution in [0.3, 0.4) is 0 Å². The van der Waals surface area contributed by atoms with E-state index in [1.807, 2.05) is 0 Å². The van der Waals surface area contributed by atoms with E-state index in [1.54, 1.807) is 0 Å². The first-order chi connectivity index (χ1) is 10.8. The smallest absolute Gasteiger partial charge is 0.0474 e. The molecule has 1 saturated heterocycles. The molecule has 0 spiro atoms. The Balaban J connectivity index is 2.11. The number of hydrogen-bond acceptors (Lipinski definition) is 3. The highest BCUT2D eigenvalue weighted by molar-refractivity contribution is 5.25. The molecule has 1 aliphatic rings. The van der Waals surface area contributed by atoms with E-state index in [9.17, 15) is 0 Å². The second-order valence-corrected chi connectivity index (χ2v) is 6.28. The second kappa shape index (κ2) is 9.29. The first kappa shape index (κ1) is 17.5. The fraction of sp³-hybridized carbons (Fsp3) is 0.684. The van der Waals surface area contributed by atoms with Gasteiger partial charge in [0.05, 0.1) is 0 Å². The van der Waals surface area contributed by atoms with Crippen molar-refractivity contribution in [2.24, 2.45) is 0 Å². The maximum Gasteiger partial charge on any atom is 0.0474 e. The molecule has 1 unspecified atom stereocenters. The molecule has 1 N–H and O–H groups in total. The third-order valence-corrected chi connectivity index (χ3v) is 4.80. The zero-order valence-corrected chi connectivity index (χ0v) is 14.6. The zero-order valence-electron chi connectivity index (χ0n) is 14.6. The number of rotatable bonds is 8. The van der Waals surface area contributed by atoms with Gasteiger partial charge in [0.25, 0.3) is 0 Å². The summed E-state index contributed by atoms with van der Waals surface area (Å²) in [5, 5.41) is 3.45. The van der Waals surface area contributed by atoms with Crippen LogP contribution in [0.4, 0.5) is 0 Å². The minimum Gasteiger partial charge on any atom is -0.314 e. The fourth-order valence-electron chi connectivity index (χ4n) is 3.43. The van der Waals surface area contributed by atoms with Crippen molar-refractivity contribution < 1.29 is 0 Å². The summed E-state index contributed by atoms with van der Waals surface area (Å²) in [4.78, 5) is 5.20. The summed E-state index contributed by atoms with van der Waals surface area (Å²) >= 11 is 0. The van der Waals surface area contributed by atoms with Crippen molar-refractivity contribution in [3.63, 3.8) is 0 Å². The lowest BCUT2D eigenvalue weighted by Crippen LogP contribution is -2.47. The van der Waals surface area contributed by atoms with Crippen LogP contribution in [0.1, 0.15) is 44.4 Å². The predicted molar refractivity (Wildman–Crippen MR) is 95.4 cm³/mol. The Morgan fingerprint density at radius 2 is 1.68 bits per heavy atom. The molecule has 0 radical (unpaired) electrons. The summed E-state index contributed by atoms with van der Waals surface area (Å²) in [5.74, 6) is 0. The van der Waals surface area contributed by atoms with Crippen molar-refractivity contribution in [1.82, 2.24) is 15.1 Å². The molecule has 22 heavy (non-hydrogen) atoms. The van der Waals surface area contributed by atoms with E-state index in [-0.39, 0.29) is 0 Å². The van der Waals surface area contributed by atoms with E-state index in [0.29, 0.717) is 6.04 Å². The second-order valence-electron chi connectivity index (χ2n) is 6.28. The Kier molecular flexibility index (Phi) is 7.37. The molecule has 0 aliphatic carbocycles. The maximum absolute atomic E-state index is 3.45. The topological polar surface area (TPSA) is 18.5 Å². The van der Waals surface area contributed by atoms with Crippen LogP contribution in [0.5, 0.6) is 0 Å². The van der Waals surface area contributed by atoms with Crippen molar-refractivity contribution in [3.05, 3.63) is 35.4 Å². The van der Waals surface area contributed by atoms with Gasteiger partial charge < -0.3 is 5.32 Å². The molecular formula is C19H33N3. The van der Waals surface area contributed by atoms with E-state index in [0.717, 1.165) is 32.7 Å². The number of nitrogens with zero attached hydrogens (tertiary/aromatic N) is 2. The SMILES string of the molecule is CCCc1ccc(C(CN2CCNCC2)N(CC)CC)cc1. The molecule has 0 aromatic heterocycles. The fourth-order valence-corrected chi connectivity index (χ4v) is 3.43. The monoisotopic (exact) mass is 303 g/mol. The van der Waals surface area contributed by atoms with Gasteiger partial charge in [0.2, 0.25) is 0 Å². The van der Waals surface area contributed by atoms with Crippen molar-refractivity contribution in [1.29, 1.82) is 0 Å². The number of piperazine rings is 1. The minimum atomic E-state index is 0.517. The quantitative estimate of drug-likeness (QED) is 0.796. The molecule has 2 rings (SSSR count). The predicted octanol–water partition coefficient (Wildman–Crippen LogP) is 2.93. The number of hydrogen-bond donors (Lipinski definition) is 1. The third-order valence-electron chi connectivity index (χ3n) is 4.80. The molecule has 0 saturated carbocycles. The van der Waals surface area contributed by atoms with Crippen molar-refractivity contribution in [3.8, 4) is 0 Å². The number of benzene rings is 1. The Morgan fingerprint density at radius 1 is 1.05 bits per heavy atom. The van der Waals surface area contributed by atoms with Gasteiger partial charge in [0.1, 0.15) is 0 Å². The highest BCUT2D eigenvalue weighted by Crippen LogP contribution is 2.23. The maximum atomic E-state index is 3.45. The largest absolute Gasteiger partial charge is 0.314 e. The molecular weight excluding hydrogens is 270 g/mol. The van der Waals surface area contributed by atoms with E-state index in [2.05, 4.69) is 60.2 Å². The van der Waals surface area contributed by atoms with Gasteiger partial charge in [0.15, 0.2) is 0 Å². The molecule has 1 aliphatic heterocycles. The molecule has 1 fully saturated rings. The first-order valence-corrected chi connectivity index (χ1v) is 9.04. The summed E-state index contributed by atoms with van der Waals surface area (Å²) in [6.45, 7) is 14.8. The molecule has 1 aromatic rings. The Labute approximate surface area is 136 Å². The summed E-state index contributed by atoms with van der Waals surface area (Å²) < 4.78 is 0.